The highest BCUT2D eigenvalue weighted by atomic mass is 35.5. The number of carbonyl (C=O) groups excluding carboxylic acids is 1. The second-order valence-electron chi connectivity index (χ2n) is 8.74. The summed E-state index contributed by atoms with van der Waals surface area (Å²) in [6.45, 7) is 5.61. The smallest absolute Gasteiger partial charge is 0.281 e. The lowest BCUT2D eigenvalue weighted by atomic mass is 9.90. The summed E-state index contributed by atoms with van der Waals surface area (Å²) >= 11 is 14.5. The zero-order valence-corrected chi connectivity index (χ0v) is 21.4. The van der Waals surface area contributed by atoms with Crippen LogP contribution in [-0.4, -0.2) is 25.9 Å². The van der Waals surface area contributed by atoms with Crippen molar-refractivity contribution in [1.82, 2.24) is 14.6 Å². The van der Waals surface area contributed by atoms with Crippen LogP contribution in [0.3, 0.4) is 0 Å². The highest BCUT2D eigenvalue weighted by Crippen LogP contribution is 2.45. The SMILES string of the molecule is Cc1sc2nc(C)n(N3C(=O)C(Cl)C3c3c(-c4ccccc4)[nH]c4ccc(Cl)cc34)c(=O)c2c1C. The van der Waals surface area contributed by atoms with Gasteiger partial charge in [-0.05, 0) is 50.1 Å². The van der Waals surface area contributed by atoms with Crippen molar-refractivity contribution in [3.8, 4) is 11.3 Å². The predicted octanol–water partition coefficient (Wildman–Crippen LogP) is 6.01. The molecule has 3 aromatic heterocycles. The number of nitrogens with one attached hydrogen (secondary N) is 1. The molecule has 2 aromatic carbocycles. The van der Waals surface area contributed by atoms with Gasteiger partial charge in [0.15, 0.2) is 0 Å². The fourth-order valence-electron chi connectivity index (χ4n) is 4.90. The third-order valence-electron chi connectivity index (χ3n) is 6.72. The number of hydrogen-bond donors (Lipinski definition) is 1. The first-order valence-corrected chi connectivity index (χ1v) is 12.7. The Kier molecular flexibility index (Phi) is 5.07. The summed E-state index contributed by atoms with van der Waals surface area (Å²) in [6, 6.07) is 14.8. The molecular weight excluding hydrogens is 503 g/mol. The second kappa shape index (κ2) is 7.95. The number of carbonyl (C=O) groups is 1. The van der Waals surface area contributed by atoms with Crippen LogP contribution >= 0.6 is 34.5 Å². The predicted molar refractivity (Wildman–Crippen MR) is 142 cm³/mol. The van der Waals surface area contributed by atoms with Gasteiger partial charge in [-0.3, -0.25) is 9.59 Å². The molecule has 0 radical (unpaired) electrons. The Labute approximate surface area is 214 Å². The van der Waals surface area contributed by atoms with Crippen molar-refractivity contribution in [2.24, 2.45) is 0 Å². The van der Waals surface area contributed by atoms with Crippen molar-refractivity contribution in [2.75, 3.05) is 5.01 Å². The van der Waals surface area contributed by atoms with E-state index < -0.39 is 11.4 Å². The van der Waals surface area contributed by atoms with Crippen LogP contribution in [0.1, 0.15) is 27.9 Å². The van der Waals surface area contributed by atoms with Crippen LogP contribution in [0.2, 0.25) is 5.02 Å². The largest absolute Gasteiger partial charge is 0.354 e. The molecular formula is C26H20Cl2N4O2S. The van der Waals surface area contributed by atoms with E-state index >= 15 is 0 Å². The molecule has 1 amide bonds. The Bertz CT molecular complexity index is 1720. The summed E-state index contributed by atoms with van der Waals surface area (Å²) in [4.78, 5) is 36.8. The molecule has 0 spiro atoms. The molecule has 0 saturated carbocycles. The molecule has 5 aromatic rings. The summed E-state index contributed by atoms with van der Waals surface area (Å²) in [7, 11) is 0. The first-order chi connectivity index (χ1) is 16.8. The number of fused-ring (bicyclic) bond motifs is 2. The normalized spacial score (nSPS) is 18.0. The minimum Gasteiger partial charge on any atom is -0.354 e. The van der Waals surface area contributed by atoms with E-state index in [1.807, 2.05) is 62.4 Å². The number of halogens is 2. The van der Waals surface area contributed by atoms with Gasteiger partial charge in [0, 0.05) is 26.4 Å². The average molecular weight is 523 g/mol. The van der Waals surface area contributed by atoms with E-state index in [1.165, 1.54) is 21.0 Å². The molecule has 2 atom stereocenters. The van der Waals surface area contributed by atoms with Crippen molar-refractivity contribution in [2.45, 2.75) is 32.2 Å². The zero-order valence-electron chi connectivity index (χ0n) is 19.1. The first kappa shape index (κ1) is 22.3. The number of alkyl halides is 1. The van der Waals surface area contributed by atoms with Crippen molar-refractivity contribution >= 4 is 61.6 Å². The van der Waals surface area contributed by atoms with Crippen LogP contribution in [0, 0.1) is 20.8 Å². The zero-order chi connectivity index (χ0) is 24.6. The monoisotopic (exact) mass is 522 g/mol. The molecule has 4 heterocycles. The molecule has 6 nitrogen and oxygen atoms in total. The number of thiophene rings is 1. The number of benzene rings is 2. The van der Waals surface area contributed by atoms with Gasteiger partial charge in [0.05, 0.1) is 11.1 Å². The quantitative estimate of drug-likeness (QED) is 0.233. The highest BCUT2D eigenvalue weighted by molar-refractivity contribution is 7.18. The maximum Gasteiger partial charge on any atom is 0.281 e. The van der Waals surface area contributed by atoms with Crippen molar-refractivity contribution in [3.63, 3.8) is 0 Å². The summed E-state index contributed by atoms with van der Waals surface area (Å²) in [5, 5.41) is 2.56. The Morgan fingerprint density at radius 2 is 1.80 bits per heavy atom. The number of hydrogen-bond acceptors (Lipinski definition) is 4. The Balaban J connectivity index is 1.63. The molecule has 1 saturated heterocycles. The summed E-state index contributed by atoms with van der Waals surface area (Å²) in [6.07, 6.45) is 0. The third-order valence-corrected chi connectivity index (χ3v) is 8.48. The van der Waals surface area contributed by atoms with Gasteiger partial charge in [-0.25, -0.2) is 9.99 Å². The van der Waals surface area contributed by atoms with Gasteiger partial charge in [0.25, 0.3) is 11.5 Å². The van der Waals surface area contributed by atoms with Crippen molar-refractivity contribution in [1.29, 1.82) is 0 Å². The molecule has 1 aliphatic rings. The van der Waals surface area contributed by atoms with Crippen LogP contribution in [0.25, 0.3) is 32.4 Å². The number of aromatic nitrogens is 3. The van der Waals surface area contributed by atoms with Crippen LogP contribution in [0.4, 0.5) is 0 Å². The molecule has 1 N–H and O–H groups in total. The van der Waals surface area contributed by atoms with E-state index in [4.69, 9.17) is 23.2 Å². The maximum atomic E-state index is 13.7. The molecule has 176 valence electrons. The van der Waals surface area contributed by atoms with E-state index in [0.29, 0.717) is 21.1 Å². The van der Waals surface area contributed by atoms with Crippen molar-refractivity contribution < 1.29 is 4.79 Å². The molecule has 0 bridgehead atoms. The molecule has 1 fully saturated rings. The van der Waals surface area contributed by atoms with Gasteiger partial charge in [-0.2, -0.15) is 4.68 Å². The van der Waals surface area contributed by atoms with Gasteiger partial charge >= 0.3 is 0 Å². The molecule has 6 rings (SSSR count). The Morgan fingerprint density at radius 1 is 1.06 bits per heavy atom. The van der Waals surface area contributed by atoms with Gasteiger partial charge < -0.3 is 4.98 Å². The number of H-pyrrole nitrogens is 1. The van der Waals surface area contributed by atoms with Crippen molar-refractivity contribution in [3.05, 3.63) is 85.7 Å². The summed E-state index contributed by atoms with van der Waals surface area (Å²) in [5.41, 5.74) is 4.08. The molecule has 2 unspecified atom stereocenters. The summed E-state index contributed by atoms with van der Waals surface area (Å²) in [5.74, 6) is 0.0906. The van der Waals surface area contributed by atoms with Gasteiger partial charge in [-0.15, -0.1) is 22.9 Å². The van der Waals surface area contributed by atoms with E-state index in [-0.39, 0.29) is 11.5 Å². The van der Waals surface area contributed by atoms with Crippen LogP contribution < -0.4 is 10.6 Å². The lowest BCUT2D eigenvalue weighted by Crippen LogP contribution is -2.64. The van der Waals surface area contributed by atoms with E-state index in [2.05, 4.69) is 9.97 Å². The number of nitrogens with zero attached hydrogens (tertiary/aromatic N) is 3. The van der Waals surface area contributed by atoms with E-state index in [0.717, 1.165) is 38.2 Å². The van der Waals surface area contributed by atoms with Gasteiger partial charge in [0.1, 0.15) is 22.1 Å². The summed E-state index contributed by atoms with van der Waals surface area (Å²) < 4.78 is 1.38. The number of amides is 1. The molecule has 9 heteroatoms. The van der Waals surface area contributed by atoms with E-state index in [9.17, 15) is 9.59 Å². The Morgan fingerprint density at radius 3 is 2.54 bits per heavy atom. The number of rotatable bonds is 3. The lowest BCUT2D eigenvalue weighted by molar-refractivity contribution is -0.126. The Hall–Kier alpha value is -3.13. The van der Waals surface area contributed by atoms with Crippen LogP contribution in [0.15, 0.2) is 53.3 Å². The molecule has 0 aliphatic carbocycles. The topological polar surface area (TPSA) is 71.0 Å². The number of aromatic amines is 1. The van der Waals surface area contributed by atoms with Gasteiger partial charge in [-0.1, -0.05) is 41.9 Å². The standard InChI is InChI=1S/C26H20Cl2N4O2S/c1-12-13(2)35-24-19(12)25(33)31(14(3)29-24)32-23(21(28)26(32)34)20-17-11-16(27)9-10-18(17)30-22(20)15-7-5-4-6-8-15/h4-11,21,23,30H,1-3H3. The fourth-order valence-corrected chi connectivity index (χ4v) is 6.47. The number of β-lactam (4-membered cyclic amide) rings is 1. The molecule has 35 heavy (non-hydrogen) atoms. The maximum absolute atomic E-state index is 13.7. The average Bonchev–Trinajstić information content (AvgIpc) is 3.34. The van der Waals surface area contributed by atoms with E-state index in [1.54, 1.807) is 6.92 Å². The highest BCUT2D eigenvalue weighted by Gasteiger charge is 2.51. The fraction of sp³-hybridized carbons (Fsp3) is 0.192. The second-order valence-corrected chi connectivity index (χ2v) is 10.8. The minimum atomic E-state index is -0.845. The number of aryl methyl sites for hydroxylation is 3. The van der Waals surface area contributed by atoms with Crippen LogP contribution in [-0.2, 0) is 4.79 Å². The van der Waals surface area contributed by atoms with Gasteiger partial charge in [0.2, 0.25) is 0 Å². The molecule has 1 aliphatic heterocycles. The first-order valence-electron chi connectivity index (χ1n) is 11.1. The minimum absolute atomic E-state index is 0.268. The third kappa shape index (κ3) is 3.19. The van der Waals surface area contributed by atoms with Crippen LogP contribution in [0.5, 0.6) is 0 Å². The lowest BCUT2D eigenvalue weighted by Gasteiger charge is -2.45.